The van der Waals surface area contributed by atoms with Crippen molar-refractivity contribution in [3.05, 3.63) is 16.7 Å². The third-order valence-corrected chi connectivity index (χ3v) is 3.38. The number of fused-ring (bicyclic) bond motifs is 1. The van der Waals surface area contributed by atoms with Crippen LogP contribution in [0.5, 0.6) is 0 Å². The van der Waals surface area contributed by atoms with E-state index in [1.807, 2.05) is 0 Å². The van der Waals surface area contributed by atoms with Crippen LogP contribution in [0.1, 0.15) is 26.7 Å². The van der Waals surface area contributed by atoms with Crippen LogP contribution in [-0.4, -0.2) is 50.8 Å². The van der Waals surface area contributed by atoms with E-state index in [1.54, 1.807) is 13.8 Å². The maximum atomic E-state index is 11.8. The molecule has 0 aliphatic carbocycles. The molecular formula is C15H21N5O6. The highest BCUT2D eigenvalue weighted by Crippen LogP contribution is 2.08. The molecule has 0 aliphatic heterocycles. The number of aromatic amines is 1. The first-order valence-corrected chi connectivity index (χ1v) is 8.08. The van der Waals surface area contributed by atoms with Gasteiger partial charge in [-0.2, -0.15) is 4.98 Å². The molecule has 142 valence electrons. The van der Waals surface area contributed by atoms with Crippen molar-refractivity contribution in [1.82, 2.24) is 19.5 Å². The van der Waals surface area contributed by atoms with Gasteiger partial charge in [-0.15, -0.1) is 0 Å². The van der Waals surface area contributed by atoms with Gasteiger partial charge >= 0.3 is 11.9 Å². The predicted octanol–water partition coefficient (Wildman–Crippen LogP) is -0.0491. The Bertz CT molecular complexity index is 810. The summed E-state index contributed by atoms with van der Waals surface area (Å²) in [7, 11) is 0. The summed E-state index contributed by atoms with van der Waals surface area (Å²) in [6, 6.07) is 0. The minimum absolute atomic E-state index is 0.0467. The molecule has 26 heavy (non-hydrogen) atoms. The topological polar surface area (TPSA) is 151 Å². The number of ether oxygens (including phenoxy) is 3. The van der Waals surface area contributed by atoms with Gasteiger partial charge in [0.25, 0.3) is 5.56 Å². The minimum Gasteiger partial charge on any atom is -0.463 e. The van der Waals surface area contributed by atoms with Crippen LogP contribution in [0.4, 0.5) is 5.95 Å². The molecule has 0 saturated carbocycles. The molecule has 0 aliphatic rings. The zero-order chi connectivity index (χ0) is 19.1. The van der Waals surface area contributed by atoms with E-state index in [0.717, 1.165) is 0 Å². The molecule has 2 rings (SSSR count). The highest BCUT2D eigenvalue weighted by atomic mass is 16.6. The minimum atomic E-state index is -0.683. The number of rotatable bonds is 9. The molecule has 2 heterocycles. The third-order valence-electron chi connectivity index (χ3n) is 3.38. The van der Waals surface area contributed by atoms with Gasteiger partial charge in [0.1, 0.15) is 26.0 Å². The predicted molar refractivity (Wildman–Crippen MR) is 89.9 cm³/mol. The second-order valence-electron chi connectivity index (χ2n) is 5.33. The fourth-order valence-corrected chi connectivity index (χ4v) is 1.97. The Morgan fingerprint density at radius 1 is 1.23 bits per heavy atom. The first kappa shape index (κ1) is 19.4. The van der Waals surface area contributed by atoms with Crippen LogP contribution < -0.4 is 11.3 Å². The lowest BCUT2D eigenvalue weighted by Gasteiger charge is -2.18. The molecule has 0 radical (unpaired) electrons. The summed E-state index contributed by atoms with van der Waals surface area (Å²) in [5.74, 6) is -0.835. The average Bonchev–Trinajstić information content (AvgIpc) is 3.03. The first-order valence-electron chi connectivity index (χ1n) is 8.08. The summed E-state index contributed by atoms with van der Waals surface area (Å²) in [4.78, 5) is 44.8. The molecule has 0 fully saturated rings. The molecule has 0 aromatic carbocycles. The van der Waals surface area contributed by atoms with E-state index in [0.29, 0.717) is 0 Å². The Hall–Kier alpha value is -2.95. The van der Waals surface area contributed by atoms with Gasteiger partial charge in [0.05, 0.1) is 6.33 Å². The molecule has 2 aromatic rings. The van der Waals surface area contributed by atoms with Gasteiger partial charge in [-0.25, -0.2) is 4.98 Å². The number of H-pyrrole nitrogens is 1. The van der Waals surface area contributed by atoms with E-state index in [4.69, 9.17) is 19.9 Å². The smallest absolute Gasteiger partial charge is 0.305 e. The van der Waals surface area contributed by atoms with Crippen molar-refractivity contribution in [2.75, 3.05) is 18.9 Å². The van der Waals surface area contributed by atoms with Gasteiger partial charge in [-0.1, -0.05) is 13.8 Å². The number of nitrogens with two attached hydrogens (primary N) is 1. The number of carbonyl (C=O) groups is 2. The Morgan fingerprint density at radius 2 is 1.85 bits per heavy atom. The lowest BCUT2D eigenvalue weighted by atomic mass is 10.4. The highest BCUT2D eigenvalue weighted by molar-refractivity contribution is 5.70. The summed E-state index contributed by atoms with van der Waals surface area (Å²) in [6.07, 6.45) is 1.14. The van der Waals surface area contributed by atoms with Crippen molar-refractivity contribution in [3.63, 3.8) is 0 Å². The number of nitrogens with zero attached hydrogens (tertiary/aromatic N) is 3. The Balaban J connectivity index is 2.06. The first-order chi connectivity index (χ1) is 12.4. The molecule has 3 N–H and O–H groups in total. The van der Waals surface area contributed by atoms with Crippen LogP contribution in [0.2, 0.25) is 0 Å². The van der Waals surface area contributed by atoms with Crippen LogP contribution in [0.25, 0.3) is 11.2 Å². The number of hydrogen-bond acceptors (Lipinski definition) is 9. The number of imidazole rings is 1. The van der Waals surface area contributed by atoms with Gasteiger partial charge in [-0.05, 0) is 0 Å². The molecule has 0 unspecified atom stereocenters. The van der Waals surface area contributed by atoms with Gasteiger partial charge in [0, 0.05) is 12.8 Å². The maximum absolute atomic E-state index is 11.8. The highest BCUT2D eigenvalue weighted by Gasteiger charge is 2.16. The number of hydrogen-bond donors (Lipinski definition) is 2. The molecule has 0 bridgehead atoms. The van der Waals surface area contributed by atoms with E-state index in [-0.39, 0.29) is 49.9 Å². The summed E-state index contributed by atoms with van der Waals surface area (Å²) >= 11 is 0. The van der Waals surface area contributed by atoms with Gasteiger partial charge in [0.15, 0.2) is 11.2 Å². The number of nitrogen functional groups attached to an aromatic ring is 1. The van der Waals surface area contributed by atoms with Gasteiger partial charge < -0.3 is 19.9 Å². The fourth-order valence-electron chi connectivity index (χ4n) is 1.97. The Labute approximate surface area is 148 Å². The molecule has 0 amide bonds. The SMILES string of the molecule is CCC(=O)OCC(COC(=O)CC)OCn1cnc2c(=O)[nH]c(N)nc21. The molecule has 11 nitrogen and oxygen atoms in total. The van der Waals surface area contributed by atoms with Crippen molar-refractivity contribution >= 4 is 29.1 Å². The molecule has 11 heteroatoms. The summed E-state index contributed by atoms with van der Waals surface area (Å²) in [5.41, 5.74) is 5.45. The van der Waals surface area contributed by atoms with Gasteiger partial charge in [0.2, 0.25) is 5.95 Å². The van der Waals surface area contributed by atoms with Crippen LogP contribution in [0, 0.1) is 0 Å². The number of nitrogens with one attached hydrogen (secondary N) is 1. The number of anilines is 1. The summed E-state index contributed by atoms with van der Waals surface area (Å²) < 4.78 is 17.2. The molecule has 0 atom stereocenters. The molecule has 0 saturated heterocycles. The van der Waals surface area contributed by atoms with Crippen molar-refractivity contribution in [1.29, 1.82) is 0 Å². The zero-order valence-electron chi connectivity index (χ0n) is 14.6. The zero-order valence-corrected chi connectivity index (χ0v) is 14.6. The van der Waals surface area contributed by atoms with E-state index >= 15 is 0 Å². The maximum Gasteiger partial charge on any atom is 0.305 e. The lowest BCUT2D eigenvalue weighted by Crippen LogP contribution is -2.29. The monoisotopic (exact) mass is 367 g/mol. The summed E-state index contributed by atoms with van der Waals surface area (Å²) in [6.45, 7) is 3.13. The van der Waals surface area contributed by atoms with E-state index in [9.17, 15) is 14.4 Å². The van der Waals surface area contributed by atoms with E-state index < -0.39 is 23.6 Å². The van der Waals surface area contributed by atoms with Crippen LogP contribution in [-0.2, 0) is 30.5 Å². The standard InChI is InChI=1S/C15H21N5O6/c1-3-10(21)24-5-9(6-25-11(22)4-2)26-8-20-7-17-12-13(20)18-15(16)19-14(12)23/h7,9H,3-6,8H2,1-2H3,(H3,16,18,19,23). The largest absolute Gasteiger partial charge is 0.463 e. The van der Waals surface area contributed by atoms with Crippen molar-refractivity contribution in [2.24, 2.45) is 0 Å². The van der Waals surface area contributed by atoms with Crippen molar-refractivity contribution in [3.8, 4) is 0 Å². The second-order valence-corrected chi connectivity index (χ2v) is 5.33. The number of esters is 2. The Kier molecular flexibility index (Phi) is 6.67. The average molecular weight is 367 g/mol. The molecule has 2 aromatic heterocycles. The summed E-state index contributed by atoms with van der Waals surface area (Å²) in [5, 5.41) is 0. The normalized spacial score (nSPS) is 11.0. The third kappa shape index (κ3) is 5.02. The molecular weight excluding hydrogens is 346 g/mol. The van der Waals surface area contributed by atoms with E-state index in [1.165, 1.54) is 10.9 Å². The van der Waals surface area contributed by atoms with Crippen LogP contribution in [0.15, 0.2) is 11.1 Å². The van der Waals surface area contributed by atoms with Crippen LogP contribution >= 0.6 is 0 Å². The lowest BCUT2D eigenvalue weighted by molar-refractivity contribution is -0.157. The number of carbonyl (C=O) groups excluding carboxylic acids is 2. The van der Waals surface area contributed by atoms with Crippen LogP contribution in [0.3, 0.4) is 0 Å². The van der Waals surface area contributed by atoms with Crippen molar-refractivity contribution in [2.45, 2.75) is 39.5 Å². The quantitative estimate of drug-likeness (QED) is 0.581. The number of aromatic nitrogens is 4. The second kappa shape index (κ2) is 8.94. The fraction of sp³-hybridized carbons (Fsp3) is 0.533. The molecule has 0 spiro atoms. The van der Waals surface area contributed by atoms with E-state index in [2.05, 4.69) is 15.0 Å². The Morgan fingerprint density at radius 3 is 2.42 bits per heavy atom. The van der Waals surface area contributed by atoms with Crippen molar-refractivity contribution < 1.29 is 23.8 Å². The van der Waals surface area contributed by atoms with Gasteiger partial charge in [-0.3, -0.25) is 23.9 Å².